The van der Waals surface area contributed by atoms with Crippen LogP contribution in [0.1, 0.15) is 6.42 Å². The van der Waals surface area contributed by atoms with Gasteiger partial charge >= 0.3 is 0 Å². The second kappa shape index (κ2) is 3.68. The first kappa shape index (κ1) is 9.88. The molecule has 1 rings (SSSR count). The minimum absolute atomic E-state index is 0.224. The summed E-state index contributed by atoms with van der Waals surface area (Å²) >= 11 is 0. The second-order valence-corrected chi connectivity index (χ2v) is 3.31. The van der Waals surface area contributed by atoms with Crippen molar-refractivity contribution in [3.8, 4) is 0 Å². The van der Waals surface area contributed by atoms with Crippen LogP contribution in [0.5, 0.6) is 0 Å². The van der Waals surface area contributed by atoms with E-state index in [0.717, 1.165) is 0 Å². The monoisotopic (exact) mass is 177 g/mol. The molecule has 5 atom stereocenters. The van der Waals surface area contributed by atoms with Crippen LogP contribution in [-0.4, -0.2) is 51.4 Å². The molecule has 0 heterocycles. The van der Waals surface area contributed by atoms with E-state index in [1.165, 1.54) is 0 Å². The van der Waals surface area contributed by atoms with Gasteiger partial charge in [-0.3, -0.25) is 0 Å². The smallest absolute Gasteiger partial charge is 0.108 e. The van der Waals surface area contributed by atoms with Crippen LogP contribution >= 0.6 is 0 Å². The highest BCUT2D eigenvalue weighted by Gasteiger charge is 2.40. The van der Waals surface area contributed by atoms with Crippen molar-refractivity contribution in [1.82, 2.24) is 0 Å². The average molecular weight is 177 g/mol. The summed E-state index contributed by atoms with van der Waals surface area (Å²) in [6.45, 7) is -0.224. The molecule has 0 aromatic heterocycles. The molecule has 1 aliphatic rings. The standard InChI is InChI=1S/C7H15NO4/c8-4-1-3(2-9)5(10)7(12)6(4)11/h3-7,9-12H,1-2,8H2/t3-,4+,5-,6-,7+/m0/s1. The average Bonchev–Trinajstić information content (AvgIpc) is 2.08. The lowest BCUT2D eigenvalue weighted by atomic mass is 9.80. The minimum Gasteiger partial charge on any atom is -0.396 e. The van der Waals surface area contributed by atoms with Gasteiger partial charge in [-0.25, -0.2) is 0 Å². The van der Waals surface area contributed by atoms with Gasteiger partial charge in [0.05, 0.1) is 12.2 Å². The van der Waals surface area contributed by atoms with Gasteiger partial charge in [0.15, 0.2) is 0 Å². The first-order valence-corrected chi connectivity index (χ1v) is 3.98. The Morgan fingerprint density at radius 3 is 2.17 bits per heavy atom. The summed E-state index contributed by atoms with van der Waals surface area (Å²) in [5.41, 5.74) is 5.46. The Labute approximate surface area is 70.4 Å². The van der Waals surface area contributed by atoms with Crippen molar-refractivity contribution in [2.24, 2.45) is 11.7 Å². The van der Waals surface area contributed by atoms with Crippen molar-refractivity contribution in [1.29, 1.82) is 0 Å². The number of aliphatic hydroxyl groups excluding tert-OH is 4. The maximum Gasteiger partial charge on any atom is 0.108 e. The molecular formula is C7H15NO4. The first-order valence-electron chi connectivity index (χ1n) is 3.98. The zero-order valence-electron chi connectivity index (χ0n) is 6.67. The Bertz CT molecular complexity index is 150. The van der Waals surface area contributed by atoms with E-state index in [4.69, 9.17) is 10.8 Å². The van der Waals surface area contributed by atoms with Gasteiger partial charge in [0.1, 0.15) is 6.10 Å². The number of rotatable bonds is 1. The van der Waals surface area contributed by atoms with E-state index in [0.29, 0.717) is 6.42 Å². The van der Waals surface area contributed by atoms with Gasteiger partial charge in [-0.05, 0) is 6.42 Å². The molecule has 1 saturated carbocycles. The predicted octanol–water partition coefficient (Wildman–Crippen LogP) is -2.59. The van der Waals surface area contributed by atoms with Crippen LogP contribution in [0.4, 0.5) is 0 Å². The molecular weight excluding hydrogens is 162 g/mol. The molecule has 5 heteroatoms. The second-order valence-electron chi connectivity index (χ2n) is 3.31. The number of hydrogen-bond donors (Lipinski definition) is 5. The molecule has 5 nitrogen and oxygen atoms in total. The fourth-order valence-electron chi connectivity index (χ4n) is 1.55. The van der Waals surface area contributed by atoms with E-state index in [1.807, 2.05) is 0 Å². The number of hydrogen-bond acceptors (Lipinski definition) is 5. The molecule has 0 amide bonds. The Morgan fingerprint density at radius 1 is 1.08 bits per heavy atom. The van der Waals surface area contributed by atoms with Gasteiger partial charge in [-0.2, -0.15) is 0 Å². The van der Waals surface area contributed by atoms with Crippen molar-refractivity contribution in [3.63, 3.8) is 0 Å². The summed E-state index contributed by atoms with van der Waals surface area (Å²) in [7, 11) is 0. The molecule has 1 fully saturated rings. The molecule has 0 aromatic rings. The Balaban J connectivity index is 2.63. The predicted molar refractivity (Wildman–Crippen MR) is 41.2 cm³/mol. The summed E-state index contributed by atoms with van der Waals surface area (Å²) in [5.74, 6) is -0.432. The summed E-state index contributed by atoms with van der Waals surface area (Å²) in [6, 6.07) is -0.569. The summed E-state index contributed by atoms with van der Waals surface area (Å²) in [5, 5.41) is 36.5. The van der Waals surface area contributed by atoms with E-state index in [9.17, 15) is 15.3 Å². The third-order valence-electron chi connectivity index (χ3n) is 2.43. The molecule has 12 heavy (non-hydrogen) atoms. The zero-order valence-corrected chi connectivity index (χ0v) is 6.67. The van der Waals surface area contributed by atoms with Gasteiger partial charge in [0.2, 0.25) is 0 Å². The van der Waals surface area contributed by atoms with Crippen molar-refractivity contribution in [3.05, 3.63) is 0 Å². The molecule has 0 aliphatic heterocycles. The van der Waals surface area contributed by atoms with Crippen LogP contribution in [0.25, 0.3) is 0 Å². The Kier molecular flexibility index (Phi) is 3.03. The number of aliphatic hydroxyl groups is 4. The highest BCUT2D eigenvalue weighted by Crippen LogP contribution is 2.24. The normalized spacial score (nSPS) is 49.2. The summed E-state index contributed by atoms with van der Waals surface area (Å²) in [4.78, 5) is 0. The van der Waals surface area contributed by atoms with Gasteiger partial charge in [-0.15, -0.1) is 0 Å². The Morgan fingerprint density at radius 2 is 1.67 bits per heavy atom. The molecule has 0 unspecified atom stereocenters. The highest BCUT2D eigenvalue weighted by atomic mass is 16.4. The van der Waals surface area contributed by atoms with Gasteiger partial charge in [0, 0.05) is 18.6 Å². The highest BCUT2D eigenvalue weighted by molar-refractivity contribution is 4.94. The lowest BCUT2D eigenvalue weighted by molar-refractivity contribution is -0.125. The van der Waals surface area contributed by atoms with E-state index >= 15 is 0 Å². The van der Waals surface area contributed by atoms with Crippen molar-refractivity contribution in [2.45, 2.75) is 30.8 Å². The fourth-order valence-corrected chi connectivity index (χ4v) is 1.55. The van der Waals surface area contributed by atoms with Crippen LogP contribution in [0.3, 0.4) is 0 Å². The maximum absolute atomic E-state index is 9.30. The molecule has 1 aliphatic carbocycles. The molecule has 6 N–H and O–H groups in total. The molecule has 72 valence electrons. The van der Waals surface area contributed by atoms with Crippen LogP contribution in [0.2, 0.25) is 0 Å². The summed E-state index contributed by atoms with van der Waals surface area (Å²) in [6.07, 6.45) is -3.09. The van der Waals surface area contributed by atoms with E-state index in [-0.39, 0.29) is 6.61 Å². The van der Waals surface area contributed by atoms with Crippen molar-refractivity contribution >= 4 is 0 Å². The van der Waals surface area contributed by atoms with Gasteiger partial charge < -0.3 is 26.2 Å². The number of nitrogens with two attached hydrogens (primary N) is 1. The first-order chi connectivity index (χ1) is 5.57. The quantitative estimate of drug-likeness (QED) is 0.302. The molecule has 0 spiro atoms. The van der Waals surface area contributed by atoms with Crippen LogP contribution in [-0.2, 0) is 0 Å². The zero-order chi connectivity index (χ0) is 9.30. The van der Waals surface area contributed by atoms with Crippen LogP contribution in [0.15, 0.2) is 0 Å². The van der Waals surface area contributed by atoms with Crippen molar-refractivity contribution in [2.75, 3.05) is 6.61 Å². The lowest BCUT2D eigenvalue weighted by Gasteiger charge is -2.38. The Hall–Kier alpha value is -0.200. The lowest BCUT2D eigenvalue weighted by Crippen LogP contribution is -2.57. The van der Waals surface area contributed by atoms with Crippen molar-refractivity contribution < 1.29 is 20.4 Å². The fraction of sp³-hybridized carbons (Fsp3) is 1.00. The molecule has 0 radical (unpaired) electrons. The topological polar surface area (TPSA) is 107 Å². The van der Waals surface area contributed by atoms with Crippen LogP contribution < -0.4 is 5.73 Å². The van der Waals surface area contributed by atoms with E-state index in [2.05, 4.69) is 0 Å². The molecule has 0 saturated heterocycles. The third kappa shape index (κ3) is 1.60. The third-order valence-corrected chi connectivity index (χ3v) is 2.43. The molecule has 0 aromatic carbocycles. The van der Waals surface area contributed by atoms with E-state index in [1.54, 1.807) is 0 Å². The SMILES string of the molecule is N[C@@H]1C[C@@H](CO)[C@H](O)[C@@H](O)[C@H]1O. The van der Waals surface area contributed by atoms with Crippen LogP contribution in [0, 0.1) is 5.92 Å². The molecule has 0 bridgehead atoms. The largest absolute Gasteiger partial charge is 0.396 e. The maximum atomic E-state index is 9.30. The van der Waals surface area contributed by atoms with Gasteiger partial charge in [0.25, 0.3) is 0 Å². The summed E-state index contributed by atoms with van der Waals surface area (Å²) < 4.78 is 0. The van der Waals surface area contributed by atoms with E-state index < -0.39 is 30.3 Å². The van der Waals surface area contributed by atoms with Gasteiger partial charge in [-0.1, -0.05) is 0 Å². The minimum atomic E-state index is -1.24.